The minimum Gasteiger partial charge on any atom is -0.493 e. The zero-order valence-corrected chi connectivity index (χ0v) is 17.2. The largest absolute Gasteiger partial charge is 0.493 e. The Balaban J connectivity index is 0.00000312. The molecule has 140 valence electrons. The number of rotatable bonds is 6. The Morgan fingerprint density at radius 2 is 2.24 bits per heavy atom. The first-order valence-electron chi connectivity index (χ1n) is 8.21. The van der Waals surface area contributed by atoms with Crippen molar-refractivity contribution in [1.29, 1.82) is 0 Å². The monoisotopic (exact) mass is 461 g/mol. The molecule has 1 unspecified atom stereocenters. The molecule has 1 fully saturated rings. The first-order chi connectivity index (χ1) is 11.7. The summed E-state index contributed by atoms with van der Waals surface area (Å²) in [5.74, 6) is 2.17. The number of nitrogens with zero attached hydrogens (tertiary/aromatic N) is 2. The lowest BCUT2D eigenvalue weighted by atomic mass is 10.1. The fourth-order valence-corrected chi connectivity index (χ4v) is 2.82. The number of piperidine rings is 1. The third kappa shape index (κ3) is 6.07. The van der Waals surface area contributed by atoms with Crippen LogP contribution in [0, 0.1) is 0 Å². The maximum Gasteiger partial charge on any atom is 0.194 e. The molecule has 1 saturated heterocycles. The van der Waals surface area contributed by atoms with E-state index in [1.807, 2.05) is 18.2 Å². The van der Waals surface area contributed by atoms with Crippen LogP contribution in [-0.4, -0.2) is 55.9 Å². The van der Waals surface area contributed by atoms with E-state index in [2.05, 4.69) is 16.8 Å². The van der Waals surface area contributed by atoms with Gasteiger partial charge < -0.3 is 24.8 Å². The minimum absolute atomic E-state index is 0. The van der Waals surface area contributed by atoms with Gasteiger partial charge in [0.05, 0.1) is 26.9 Å². The van der Waals surface area contributed by atoms with Crippen LogP contribution in [-0.2, 0) is 6.54 Å². The van der Waals surface area contributed by atoms with E-state index in [4.69, 9.17) is 14.5 Å². The molecule has 0 bridgehead atoms. The van der Waals surface area contributed by atoms with Crippen LogP contribution in [0.5, 0.6) is 11.5 Å². The summed E-state index contributed by atoms with van der Waals surface area (Å²) in [6, 6.07) is 5.76. The van der Waals surface area contributed by atoms with E-state index in [-0.39, 0.29) is 30.1 Å². The van der Waals surface area contributed by atoms with Crippen molar-refractivity contribution in [3.63, 3.8) is 0 Å². The SMILES string of the molecule is C=CCNC(=NCc1cccc(OC)c1OC)N1CCCC(O)C1.I. The summed E-state index contributed by atoms with van der Waals surface area (Å²) in [6.07, 6.45) is 3.29. The van der Waals surface area contributed by atoms with Crippen molar-refractivity contribution in [3.05, 3.63) is 36.4 Å². The van der Waals surface area contributed by atoms with E-state index < -0.39 is 0 Å². The molecule has 25 heavy (non-hydrogen) atoms. The summed E-state index contributed by atoms with van der Waals surface area (Å²) in [7, 11) is 3.25. The number of guanidine groups is 1. The Morgan fingerprint density at radius 1 is 1.44 bits per heavy atom. The second kappa shape index (κ2) is 11.2. The predicted octanol–water partition coefficient (Wildman–Crippen LogP) is 2.41. The number of aliphatic hydroxyl groups is 1. The number of aliphatic imine (C=N–C) groups is 1. The second-order valence-electron chi connectivity index (χ2n) is 5.70. The molecule has 1 aliphatic heterocycles. The Morgan fingerprint density at radius 3 is 2.88 bits per heavy atom. The van der Waals surface area contributed by atoms with Crippen molar-refractivity contribution in [2.75, 3.05) is 33.9 Å². The van der Waals surface area contributed by atoms with Gasteiger partial charge in [0.25, 0.3) is 0 Å². The van der Waals surface area contributed by atoms with Crippen molar-refractivity contribution < 1.29 is 14.6 Å². The van der Waals surface area contributed by atoms with Gasteiger partial charge in [-0.1, -0.05) is 18.2 Å². The highest BCUT2D eigenvalue weighted by atomic mass is 127. The van der Waals surface area contributed by atoms with Crippen molar-refractivity contribution in [1.82, 2.24) is 10.2 Å². The van der Waals surface area contributed by atoms with Crippen LogP contribution in [0.4, 0.5) is 0 Å². The van der Waals surface area contributed by atoms with Gasteiger partial charge in [0.1, 0.15) is 0 Å². The number of aliphatic hydroxyl groups excluding tert-OH is 1. The van der Waals surface area contributed by atoms with Gasteiger partial charge in [-0.05, 0) is 18.9 Å². The van der Waals surface area contributed by atoms with E-state index in [1.54, 1.807) is 20.3 Å². The fourth-order valence-electron chi connectivity index (χ4n) is 2.82. The summed E-state index contributed by atoms with van der Waals surface area (Å²) in [5.41, 5.74) is 0.951. The van der Waals surface area contributed by atoms with Crippen LogP contribution in [0.1, 0.15) is 18.4 Å². The first-order valence-corrected chi connectivity index (χ1v) is 8.21. The van der Waals surface area contributed by atoms with Gasteiger partial charge in [0.2, 0.25) is 0 Å². The topological polar surface area (TPSA) is 66.3 Å². The molecule has 6 nitrogen and oxygen atoms in total. The molecule has 1 atom stereocenters. The lowest BCUT2D eigenvalue weighted by Crippen LogP contribution is -2.48. The lowest BCUT2D eigenvalue weighted by molar-refractivity contribution is 0.101. The molecule has 1 aliphatic rings. The van der Waals surface area contributed by atoms with E-state index in [9.17, 15) is 5.11 Å². The van der Waals surface area contributed by atoms with Crippen molar-refractivity contribution in [2.45, 2.75) is 25.5 Å². The molecule has 0 aliphatic carbocycles. The quantitative estimate of drug-likeness (QED) is 0.295. The van der Waals surface area contributed by atoms with Gasteiger partial charge in [-0.2, -0.15) is 0 Å². The zero-order valence-electron chi connectivity index (χ0n) is 14.9. The molecule has 1 aromatic rings. The molecule has 0 spiro atoms. The van der Waals surface area contributed by atoms with Gasteiger partial charge in [-0.3, -0.25) is 0 Å². The smallest absolute Gasteiger partial charge is 0.194 e. The van der Waals surface area contributed by atoms with Crippen LogP contribution in [0.25, 0.3) is 0 Å². The fraction of sp³-hybridized carbons (Fsp3) is 0.500. The molecular formula is C18H28IN3O3. The highest BCUT2D eigenvalue weighted by Gasteiger charge is 2.20. The third-order valence-electron chi connectivity index (χ3n) is 3.98. The van der Waals surface area contributed by atoms with Crippen LogP contribution in [0.15, 0.2) is 35.8 Å². The van der Waals surface area contributed by atoms with E-state index >= 15 is 0 Å². The Labute approximate surface area is 166 Å². The molecule has 0 radical (unpaired) electrons. The van der Waals surface area contributed by atoms with Crippen molar-refractivity contribution in [2.24, 2.45) is 4.99 Å². The maximum absolute atomic E-state index is 9.91. The number of halogens is 1. The lowest BCUT2D eigenvalue weighted by Gasteiger charge is -2.32. The number of hydrogen-bond acceptors (Lipinski definition) is 4. The Hall–Kier alpha value is -1.48. The van der Waals surface area contributed by atoms with Gasteiger partial charge in [-0.15, -0.1) is 30.6 Å². The molecule has 0 saturated carbocycles. The van der Waals surface area contributed by atoms with Crippen LogP contribution >= 0.6 is 24.0 Å². The maximum atomic E-state index is 9.91. The average Bonchev–Trinajstić information content (AvgIpc) is 2.61. The number of nitrogens with one attached hydrogen (secondary N) is 1. The molecule has 2 rings (SSSR count). The van der Waals surface area contributed by atoms with Crippen molar-refractivity contribution in [3.8, 4) is 11.5 Å². The molecule has 2 N–H and O–H groups in total. The predicted molar refractivity (Wildman–Crippen MR) is 111 cm³/mol. The van der Waals surface area contributed by atoms with Gasteiger partial charge in [-0.25, -0.2) is 4.99 Å². The van der Waals surface area contributed by atoms with Crippen LogP contribution in [0.2, 0.25) is 0 Å². The summed E-state index contributed by atoms with van der Waals surface area (Å²) in [6.45, 7) is 6.31. The summed E-state index contributed by atoms with van der Waals surface area (Å²) in [4.78, 5) is 6.80. The minimum atomic E-state index is -0.305. The number of likely N-dealkylation sites (tertiary alicyclic amines) is 1. The van der Waals surface area contributed by atoms with Gasteiger partial charge in [0.15, 0.2) is 17.5 Å². The first kappa shape index (κ1) is 21.6. The van der Waals surface area contributed by atoms with E-state index in [1.165, 1.54) is 0 Å². The summed E-state index contributed by atoms with van der Waals surface area (Å²) in [5, 5.41) is 13.2. The van der Waals surface area contributed by atoms with Crippen LogP contribution < -0.4 is 14.8 Å². The third-order valence-corrected chi connectivity index (χ3v) is 3.98. The van der Waals surface area contributed by atoms with E-state index in [0.29, 0.717) is 31.1 Å². The van der Waals surface area contributed by atoms with Gasteiger partial charge >= 0.3 is 0 Å². The zero-order chi connectivity index (χ0) is 17.4. The molecular weight excluding hydrogens is 433 g/mol. The number of benzene rings is 1. The molecule has 0 amide bonds. The summed E-state index contributed by atoms with van der Waals surface area (Å²) < 4.78 is 10.8. The number of methoxy groups -OCH3 is 2. The molecule has 0 aromatic heterocycles. The van der Waals surface area contributed by atoms with Gasteiger partial charge in [0, 0.05) is 25.2 Å². The molecule has 1 heterocycles. The number of β-amino-alcohol motifs (C(OH)–C–C–N with tert-alkyl or cyclic N) is 1. The normalized spacial score (nSPS) is 17.5. The van der Waals surface area contributed by atoms with E-state index in [0.717, 1.165) is 30.9 Å². The number of ether oxygens (including phenoxy) is 2. The number of para-hydroxylation sites is 1. The number of hydrogen-bond donors (Lipinski definition) is 2. The molecule has 7 heteroatoms. The highest BCUT2D eigenvalue weighted by Crippen LogP contribution is 2.31. The average molecular weight is 461 g/mol. The highest BCUT2D eigenvalue weighted by molar-refractivity contribution is 14.0. The molecule has 1 aromatic carbocycles. The Kier molecular flexibility index (Phi) is 9.66. The van der Waals surface area contributed by atoms with Crippen LogP contribution in [0.3, 0.4) is 0 Å². The second-order valence-corrected chi connectivity index (χ2v) is 5.70. The summed E-state index contributed by atoms with van der Waals surface area (Å²) >= 11 is 0. The Bertz CT molecular complexity index is 581. The standard InChI is InChI=1S/C18H27N3O3.HI/c1-4-10-19-18(21-11-6-8-15(22)13-21)20-12-14-7-5-9-16(23-2)17(14)24-3;/h4-5,7,9,15,22H,1,6,8,10-13H2,2-3H3,(H,19,20);1H. The van der Waals surface area contributed by atoms with Crippen molar-refractivity contribution >= 4 is 29.9 Å².